The molecule has 0 saturated carbocycles. The van der Waals surface area contributed by atoms with Crippen LogP contribution in [0.4, 0.5) is 11.4 Å². The fourth-order valence-electron chi connectivity index (χ4n) is 3.79. The summed E-state index contributed by atoms with van der Waals surface area (Å²) in [6.07, 6.45) is 0.795. The van der Waals surface area contributed by atoms with Gasteiger partial charge in [0.15, 0.2) is 0 Å². The monoisotopic (exact) mass is 410 g/mol. The number of carbonyl (C=O) groups is 1. The van der Waals surface area contributed by atoms with Gasteiger partial charge in [-0.3, -0.25) is 4.79 Å². The molecule has 1 aliphatic heterocycles. The van der Waals surface area contributed by atoms with Crippen LogP contribution in [0.5, 0.6) is 0 Å². The van der Waals surface area contributed by atoms with Crippen LogP contribution in [0.25, 0.3) is 0 Å². The largest absolute Gasteiger partial charge is 0.378 e. The predicted octanol–water partition coefficient (Wildman–Crippen LogP) is 6.59. The van der Waals surface area contributed by atoms with Crippen molar-refractivity contribution < 1.29 is 4.79 Å². The number of carbonyl (C=O) groups excluding carboxylic acids is 1. The molecule has 0 aromatic heterocycles. The van der Waals surface area contributed by atoms with Crippen molar-refractivity contribution in [3.05, 3.63) is 94.0 Å². The Morgan fingerprint density at radius 3 is 2.46 bits per heavy atom. The van der Waals surface area contributed by atoms with E-state index < -0.39 is 0 Å². The van der Waals surface area contributed by atoms with E-state index in [2.05, 4.69) is 30.4 Å². The van der Waals surface area contributed by atoms with Gasteiger partial charge in [-0.15, -0.1) is 0 Å². The summed E-state index contributed by atoms with van der Waals surface area (Å²) in [4.78, 5) is 15.2. The Morgan fingerprint density at radius 1 is 1.00 bits per heavy atom. The zero-order valence-electron chi connectivity index (χ0n) is 15.4. The summed E-state index contributed by atoms with van der Waals surface area (Å²) in [6.45, 7) is 2.07. The lowest BCUT2D eigenvalue weighted by atomic mass is 9.90. The fourth-order valence-corrected chi connectivity index (χ4v) is 4.28. The zero-order chi connectivity index (χ0) is 19.7. The average Bonchev–Trinajstić information content (AvgIpc) is 2.68. The minimum Gasteiger partial charge on any atom is -0.378 e. The molecule has 0 unspecified atom stereocenters. The number of benzene rings is 3. The molecule has 5 heteroatoms. The lowest BCUT2D eigenvalue weighted by molar-refractivity contribution is 0.0974. The van der Waals surface area contributed by atoms with E-state index in [0.29, 0.717) is 15.6 Å². The Hall–Kier alpha value is -2.49. The summed E-state index contributed by atoms with van der Waals surface area (Å²) >= 11 is 12.3. The molecule has 1 amide bonds. The molecule has 1 N–H and O–H groups in total. The third kappa shape index (κ3) is 3.60. The molecule has 4 rings (SSSR count). The maximum absolute atomic E-state index is 13.3. The average molecular weight is 411 g/mol. The van der Waals surface area contributed by atoms with Gasteiger partial charge in [-0.2, -0.15) is 0 Å². The number of hydrogen-bond donors (Lipinski definition) is 1. The number of para-hydroxylation sites is 2. The molecule has 0 fully saturated rings. The first-order valence-electron chi connectivity index (χ1n) is 9.23. The van der Waals surface area contributed by atoms with E-state index in [9.17, 15) is 4.79 Å². The van der Waals surface area contributed by atoms with E-state index >= 15 is 0 Å². The summed E-state index contributed by atoms with van der Waals surface area (Å²) in [5.41, 5.74) is 3.53. The highest BCUT2D eigenvalue weighted by Gasteiger charge is 2.34. The molecular formula is C23H20Cl2N2O. The normalized spacial score (nSPS) is 18.5. The predicted molar refractivity (Wildman–Crippen MR) is 117 cm³/mol. The van der Waals surface area contributed by atoms with Crippen LogP contribution in [0.3, 0.4) is 0 Å². The van der Waals surface area contributed by atoms with Gasteiger partial charge in [-0.25, -0.2) is 0 Å². The van der Waals surface area contributed by atoms with Gasteiger partial charge >= 0.3 is 0 Å². The van der Waals surface area contributed by atoms with Crippen molar-refractivity contribution in [2.75, 3.05) is 10.2 Å². The topological polar surface area (TPSA) is 32.3 Å². The standard InChI is InChI=1S/C23H20Cl2N2O/c1-15-13-21(26-17-7-3-2-4-8-17)19-9-5-6-10-22(19)27(15)23(28)18-12-11-16(24)14-20(18)25/h2-12,14-15,21,26H,13H2,1H3/t15-,21-/m0/s1. The summed E-state index contributed by atoms with van der Waals surface area (Å²) in [5.74, 6) is -0.111. The number of nitrogens with zero attached hydrogens (tertiary/aromatic N) is 1. The van der Waals surface area contributed by atoms with Crippen molar-refractivity contribution in [2.24, 2.45) is 0 Å². The Kier molecular flexibility index (Phi) is 5.29. The van der Waals surface area contributed by atoms with E-state index in [1.165, 1.54) is 0 Å². The summed E-state index contributed by atoms with van der Waals surface area (Å²) in [5, 5.41) is 4.49. The van der Waals surface area contributed by atoms with Crippen molar-refractivity contribution in [2.45, 2.75) is 25.4 Å². The van der Waals surface area contributed by atoms with Crippen LogP contribution in [-0.4, -0.2) is 11.9 Å². The molecule has 3 aromatic carbocycles. The molecule has 0 aliphatic carbocycles. The van der Waals surface area contributed by atoms with Crippen molar-refractivity contribution in [3.8, 4) is 0 Å². The lowest BCUT2D eigenvalue weighted by Gasteiger charge is -2.40. The van der Waals surface area contributed by atoms with Crippen LogP contribution in [-0.2, 0) is 0 Å². The van der Waals surface area contributed by atoms with Crippen LogP contribution in [0.1, 0.15) is 35.3 Å². The third-order valence-electron chi connectivity index (χ3n) is 5.08. The Labute approximate surface area is 174 Å². The van der Waals surface area contributed by atoms with Crippen LogP contribution in [0.2, 0.25) is 10.0 Å². The summed E-state index contributed by atoms with van der Waals surface area (Å²) in [7, 11) is 0. The summed E-state index contributed by atoms with van der Waals surface area (Å²) < 4.78 is 0. The highest BCUT2D eigenvalue weighted by molar-refractivity contribution is 6.37. The van der Waals surface area contributed by atoms with E-state index in [-0.39, 0.29) is 18.0 Å². The molecule has 28 heavy (non-hydrogen) atoms. The van der Waals surface area contributed by atoms with Gasteiger partial charge in [0.1, 0.15) is 0 Å². The molecule has 3 nitrogen and oxygen atoms in total. The number of halogens is 2. The van der Waals surface area contributed by atoms with Crippen molar-refractivity contribution in [1.82, 2.24) is 0 Å². The van der Waals surface area contributed by atoms with Crippen LogP contribution < -0.4 is 10.2 Å². The van der Waals surface area contributed by atoms with Gasteiger partial charge in [0.25, 0.3) is 5.91 Å². The fraction of sp³-hybridized carbons (Fsp3) is 0.174. The number of nitrogens with one attached hydrogen (secondary N) is 1. The first-order chi connectivity index (χ1) is 13.5. The van der Waals surface area contributed by atoms with E-state index in [1.807, 2.05) is 41.3 Å². The molecule has 2 atom stereocenters. The molecule has 0 bridgehead atoms. The number of anilines is 2. The van der Waals surface area contributed by atoms with Crippen LogP contribution >= 0.6 is 23.2 Å². The van der Waals surface area contributed by atoms with Gasteiger partial charge in [-0.1, -0.05) is 59.6 Å². The maximum atomic E-state index is 13.3. The second-order valence-corrected chi connectivity index (χ2v) is 7.85. The second kappa shape index (κ2) is 7.86. The molecule has 1 aliphatic rings. The molecule has 3 aromatic rings. The third-order valence-corrected chi connectivity index (χ3v) is 5.63. The minimum atomic E-state index is -0.111. The number of fused-ring (bicyclic) bond motifs is 1. The highest BCUT2D eigenvalue weighted by atomic mass is 35.5. The van der Waals surface area contributed by atoms with Crippen LogP contribution in [0.15, 0.2) is 72.8 Å². The molecule has 1 heterocycles. The van der Waals surface area contributed by atoms with E-state index in [1.54, 1.807) is 18.2 Å². The van der Waals surface area contributed by atoms with Gasteiger partial charge < -0.3 is 10.2 Å². The number of amides is 1. The first-order valence-corrected chi connectivity index (χ1v) is 9.99. The molecular weight excluding hydrogens is 391 g/mol. The smallest absolute Gasteiger partial charge is 0.260 e. The highest BCUT2D eigenvalue weighted by Crippen LogP contribution is 2.40. The molecule has 142 valence electrons. The maximum Gasteiger partial charge on any atom is 0.260 e. The quantitative estimate of drug-likeness (QED) is 0.528. The molecule has 0 saturated heterocycles. The second-order valence-electron chi connectivity index (χ2n) is 7.01. The van der Waals surface area contributed by atoms with Crippen molar-refractivity contribution in [3.63, 3.8) is 0 Å². The lowest BCUT2D eigenvalue weighted by Crippen LogP contribution is -2.44. The van der Waals surface area contributed by atoms with E-state index in [0.717, 1.165) is 23.4 Å². The SMILES string of the molecule is C[C@H]1C[C@H](Nc2ccccc2)c2ccccc2N1C(=O)c1ccc(Cl)cc1Cl. The molecule has 0 radical (unpaired) electrons. The van der Waals surface area contributed by atoms with Gasteiger partial charge in [-0.05, 0) is 55.3 Å². The van der Waals surface area contributed by atoms with Crippen LogP contribution in [0, 0.1) is 0 Å². The number of rotatable bonds is 3. The van der Waals surface area contributed by atoms with Crippen molar-refractivity contribution in [1.29, 1.82) is 0 Å². The Morgan fingerprint density at radius 2 is 1.71 bits per heavy atom. The van der Waals surface area contributed by atoms with E-state index in [4.69, 9.17) is 23.2 Å². The molecule has 0 spiro atoms. The first kappa shape index (κ1) is 18.9. The van der Waals surface area contributed by atoms with Gasteiger partial charge in [0.2, 0.25) is 0 Å². The Bertz CT molecular complexity index is 1010. The zero-order valence-corrected chi connectivity index (χ0v) is 16.9. The Balaban J connectivity index is 1.71. The summed E-state index contributed by atoms with van der Waals surface area (Å²) in [6, 6.07) is 23.3. The number of hydrogen-bond acceptors (Lipinski definition) is 2. The minimum absolute atomic E-state index is 0.00959. The van der Waals surface area contributed by atoms with Gasteiger partial charge in [0, 0.05) is 22.4 Å². The van der Waals surface area contributed by atoms with Crippen molar-refractivity contribution >= 4 is 40.5 Å². The van der Waals surface area contributed by atoms with Gasteiger partial charge in [0.05, 0.1) is 16.6 Å².